The number of nitrogens with zero attached hydrogens (tertiary/aromatic N) is 1. The summed E-state index contributed by atoms with van der Waals surface area (Å²) in [5, 5.41) is 15.1. The lowest BCUT2D eigenvalue weighted by molar-refractivity contribution is -0.136. The number of amides is 2. The highest BCUT2D eigenvalue weighted by Crippen LogP contribution is 2.30. The summed E-state index contributed by atoms with van der Waals surface area (Å²) < 4.78 is -0.582. The smallest absolute Gasteiger partial charge is 0.331 e. The third-order valence-corrected chi connectivity index (χ3v) is 7.22. The standard InChI is InChI=1S/C24H37N3O4S/c1-16(22(30)31)14-15-27(7)21(29)19(24(4,5)32-8)26-20(28)18(25-6)23(2,3)17-12-10-9-11-13-17/h9-14,18-19,25H,15H2,1-8H3,(H,26,28)(H,30,31)/b16-14+. The van der Waals surface area contributed by atoms with Crippen LogP contribution >= 0.6 is 11.8 Å². The van der Waals surface area contributed by atoms with Crippen LogP contribution in [0.5, 0.6) is 0 Å². The molecule has 8 heteroatoms. The molecule has 0 aliphatic rings. The van der Waals surface area contributed by atoms with E-state index in [0.29, 0.717) is 0 Å². The Balaban J connectivity index is 3.17. The van der Waals surface area contributed by atoms with E-state index in [-0.39, 0.29) is 23.9 Å². The van der Waals surface area contributed by atoms with Gasteiger partial charge in [-0.25, -0.2) is 4.79 Å². The number of rotatable bonds is 11. The molecule has 0 heterocycles. The average Bonchev–Trinajstić information content (AvgIpc) is 2.75. The summed E-state index contributed by atoms with van der Waals surface area (Å²) in [6.45, 7) is 9.41. The monoisotopic (exact) mass is 463 g/mol. The van der Waals surface area contributed by atoms with Crippen LogP contribution in [0.2, 0.25) is 0 Å². The largest absolute Gasteiger partial charge is 0.478 e. The molecule has 0 spiro atoms. The number of carbonyl (C=O) groups is 3. The third-order valence-electron chi connectivity index (χ3n) is 5.93. The molecule has 0 saturated heterocycles. The van der Waals surface area contributed by atoms with Crippen molar-refractivity contribution in [3.05, 3.63) is 47.5 Å². The fourth-order valence-electron chi connectivity index (χ4n) is 3.40. The highest BCUT2D eigenvalue weighted by Gasteiger charge is 2.42. The molecule has 1 aromatic carbocycles. The lowest BCUT2D eigenvalue weighted by Gasteiger charge is -2.38. The molecular formula is C24H37N3O4S. The number of hydrogen-bond donors (Lipinski definition) is 3. The Bertz CT molecular complexity index is 837. The summed E-state index contributed by atoms with van der Waals surface area (Å²) in [6, 6.07) is 8.40. The summed E-state index contributed by atoms with van der Waals surface area (Å²) in [5.74, 6) is -1.58. The number of carboxylic acids is 1. The minimum absolute atomic E-state index is 0.138. The van der Waals surface area contributed by atoms with Crippen molar-refractivity contribution in [2.45, 2.75) is 56.9 Å². The molecule has 2 amide bonds. The van der Waals surface area contributed by atoms with Crippen molar-refractivity contribution in [2.24, 2.45) is 0 Å². The molecule has 0 aliphatic heterocycles. The van der Waals surface area contributed by atoms with Crippen LogP contribution in [0.25, 0.3) is 0 Å². The molecule has 178 valence electrons. The Morgan fingerprint density at radius 1 is 1.12 bits per heavy atom. The first-order chi connectivity index (χ1) is 14.8. The van der Waals surface area contributed by atoms with Crippen LogP contribution < -0.4 is 10.6 Å². The van der Waals surface area contributed by atoms with Gasteiger partial charge in [0.25, 0.3) is 0 Å². The van der Waals surface area contributed by atoms with E-state index in [1.165, 1.54) is 29.7 Å². The van der Waals surface area contributed by atoms with Crippen LogP contribution in [0.3, 0.4) is 0 Å². The molecule has 0 bridgehead atoms. The molecular weight excluding hydrogens is 426 g/mol. The van der Waals surface area contributed by atoms with Gasteiger partial charge in [-0.1, -0.05) is 50.3 Å². The van der Waals surface area contributed by atoms with Crippen LogP contribution in [-0.4, -0.2) is 71.5 Å². The number of thioether (sulfide) groups is 1. The van der Waals surface area contributed by atoms with Gasteiger partial charge >= 0.3 is 5.97 Å². The maximum atomic E-state index is 13.4. The van der Waals surface area contributed by atoms with Crippen LogP contribution in [0.4, 0.5) is 0 Å². The molecule has 0 fully saturated rings. The van der Waals surface area contributed by atoms with E-state index in [0.717, 1.165) is 5.56 Å². The highest BCUT2D eigenvalue weighted by atomic mass is 32.2. The van der Waals surface area contributed by atoms with E-state index in [1.807, 2.05) is 64.3 Å². The summed E-state index contributed by atoms with van der Waals surface area (Å²) in [5.41, 5.74) is 0.645. The van der Waals surface area contributed by atoms with E-state index >= 15 is 0 Å². The van der Waals surface area contributed by atoms with Gasteiger partial charge < -0.3 is 20.6 Å². The number of hydrogen-bond acceptors (Lipinski definition) is 5. The van der Waals surface area contributed by atoms with Crippen molar-refractivity contribution < 1.29 is 19.5 Å². The normalized spacial score (nSPS) is 14.4. The molecule has 0 saturated carbocycles. The van der Waals surface area contributed by atoms with Crippen molar-refractivity contribution in [1.82, 2.24) is 15.5 Å². The van der Waals surface area contributed by atoms with Gasteiger partial charge in [0.05, 0.1) is 6.04 Å². The number of aliphatic carboxylic acids is 1. The first kappa shape index (κ1) is 27.7. The van der Waals surface area contributed by atoms with Crippen LogP contribution in [0, 0.1) is 0 Å². The number of carbonyl (C=O) groups excluding carboxylic acids is 2. The molecule has 0 radical (unpaired) electrons. The first-order valence-corrected chi connectivity index (χ1v) is 11.7. The number of likely N-dealkylation sites (N-methyl/N-ethyl adjacent to an activating group) is 2. The van der Waals surface area contributed by atoms with E-state index in [1.54, 1.807) is 14.1 Å². The number of benzene rings is 1. The van der Waals surface area contributed by atoms with Gasteiger partial charge in [-0.05, 0) is 39.6 Å². The summed E-state index contributed by atoms with van der Waals surface area (Å²) in [4.78, 5) is 39.2. The highest BCUT2D eigenvalue weighted by molar-refractivity contribution is 8.00. The molecule has 7 nitrogen and oxygen atoms in total. The fourth-order valence-corrected chi connectivity index (χ4v) is 3.80. The molecule has 3 N–H and O–H groups in total. The van der Waals surface area contributed by atoms with Crippen molar-refractivity contribution in [2.75, 3.05) is 26.9 Å². The van der Waals surface area contributed by atoms with Gasteiger partial charge in [0, 0.05) is 29.3 Å². The Morgan fingerprint density at radius 2 is 1.69 bits per heavy atom. The second kappa shape index (κ2) is 11.5. The molecule has 0 aliphatic carbocycles. The van der Waals surface area contributed by atoms with Crippen LogP contribution in [-0.2, 0) is 19.8 Å². The van der Waals surface area contributed by atoms with Gasteiger partial charge in [0.15, 0.2) is 0 Å². The van der Waals surface area contributed by atoms with Gasteiger partial charge in [0.1, 0.15) is 6.04 Å². The third kappa shape index (κ3) is 6.84. The molecule has 2 unspecified atom stereocenters. The summed E-state index contributed by atoms with van der Waals surface area (Å²) in [7, 11) is 3.34. The minimum atomic E-state index is -1.03. The van der Waals surface area contributed by atoms with Crippen molar-refractivity contribution in [1.29, 1.82) is 0 Å². The zero-order valence-corrected chi connectivity index (χ0v) is 21.2. The van der Waals surface area contributed by atoms with Crippen molar-refractivity contribution in [3.63, 3.8) is 0 Å². The van der Waals surface area contributed by atoms with Gasteiger partial charge in [0.2, 0.25) is 11.8 Å². The number of nitrogens with one attached hydrogen (secondary N) is 2. The first-order valence-electron chi connectivity index (χ1n) is 10.5. The van der Waals surface area contributed by atoms with Gasteiger partial charge in [-0.15, -0.1) is 0 Å². The topological polar surface area (TPSA) is 98.7 Å². The second-order valence-corrected chi connectivity index (χ2v) is 10.4. The number of carboxylic acid groups (broad SMARTS) is 1. The maximum Gasteiger partial charge on any atom is 0.331 e. The molecule has 32 heavy (non-hydrogen) atoms. The zero-order valence-electron chi connectivity index (χ0n) is 20.4. The Morgan fingerprint density at radius 3 is 2.16 bits per heavy atom. The van der Waals surface area contributed by atoms with E-state index in [4.69, 9.17) is 5.11 Å². The maximum absolute atomic E-state index is 13.4. The Labute approximate surface area is 196 Å². The van der Waals surface area contributed by atoms with Crippen molar-refractivity contribution >= 4 is 29.5 Å². The zero-order chi connectivity index (χ0) is 24.7. The quantitative estimate of drug-likeness (QED) is 0.437. The van der Waals surface area contributed by atoms with Crippen LogP contribution in [0.15, 0.2) is 42.0 Å². The molecule has 0 aromatic heterocycles. The minimum Gasteiger partial charge on any atom is -0.478 e. The summed E-state index contributed by atoms with van der Waals surface area (Å²) in [6.07, 6.45) is 3.38. The lowest BCUT2D eigenvalue weighted by atomic mass is 9.77. The molecule has 2 atom stereocenters. The second-order valence-electron chi connectivity index (χ2n) is 8.97. The van der Waals surface area contributed by atoms with Crippen molar-refractivity contribution in [3.8, 4) is 0 Å². The molecule has 1 rings (SSSR count). The lowest BCUT2D eigenvalue weighted by Crippen LogP contribution is -2.62. The predicted molar refractivity (Wildman–Crippen MR) is 131 cm³/mol. The molecule has 1 aromatic rings. The van der Waals surface area contributed by atoms with Crippen LogP contribution in [0.1, 0.15) is 40.2 Å². The Kier molecular flexibility index (Phi) is 9.97. The van der Waals surface area contributed by atoms with Gasteiger partial charge in [-0.3, -0.25) is 9.59 Å². The average molecular weight is 464 g/mol. The van der Waals surface area contributed by atoms with E-state index in [9.17, 15) is 14.4 Å². The Hall–Kier alpha value is -2.32. The van der Waals surface area contributed by atoms with E-state index in [2.05, 4.69) is 10.6 Å². The predicted octanol–water partition coefficient (Wildman–Crippen LogP) is 2.67. The SMILES string of the molecule is CNC(C(=O)NC(C(=O)N(C)C/C=C(\C)C(=O)O)C(C)(C)SC)C(C)(C)c1ccccc1. The summed E-state index contributed by atoms with van der Waals surface area (Å²) >= 11 is 1.48. The van der Waals surface area contributed by atoms with E-state index < -0.39 is 28.2 Å². The van der Waals surface area contributed by atoms with Gasteiger partial charge in [-0.2, -0.15) is 11.8 Å². The fraction of sp³-hybridized carbons (Fsp3) is 0.542.